The Bertz CT molecular complexity index is 1150. The SMILES string of the molecule is CCCCc1nc2c(N)nc3ccccc3c2n1Cc1cccc(OC(C)C)c1. The fourth-order valence-corrected chi connectivity index (χ4v) is 3.77. The first-order valence-electron chi connectivity index (χ1n) is 10.4. The molecule has 0 spiro atoms. The molecule has 0 bridgehead atoms. The van der Waals surface area contributed by atoms with Crippen molar-refractivity contribution in [2.45, 2.75) is 52.7 Å². The summed E-state index contributed by atoms with van der Waals surface area (Å²) in [6.45, 7) is 7.00. The molecule has 0 aliphatic rings. The largest absolute Gasteiger partial charge is 0.491 e. The van der Waals surface area contributed by atoms with Crippen molar-refractivity contribution in [1.29, 1.82) is 0 Å². The van der Waals surface area contributed by atoms with E-state index in [1.807, 2.05) is 44.2 Å². The standard InChI is InChI=1S/C24H28N4O/c1-4-5-13-21-27-22-23(19-11-6-7-12-20(19)26-24(22)25)28(21)15-17-9-8-10-18(14-17)29-16(2)3/h6-12,14,16H,4-5,13,15H2,1-3H3,(H2,25,26). The molecule has 0 saturated heterocycles. The highest BCUT2D eigenvalue weighted by atomic mass is 16.5. The lowest BCUT2D eigenvalue weighted by Crippen LogP contribution is -2.08. The van der Waals surface area contributed by atoms with E-state index in [1.165, 1.54) is 5.56 Å². The molecule has 0 aliphatic carbocycles. The quantitative estimate of drug-likeness (QED) is 0.464. The second kappa shape index (κ2) is 8.11. The summed E-state index contributed by atoms with van der Waals surface area (Å²) in [6.07, 6.45) is 3.27. The first-order chi connectivity index (χ1) is 14.1. The van der Waals surface area contributed by atoms with Gasteiger partial charge in [0.15, 0.2) is 5.82 Å². The van der Waals surface area contributed by atoms with Gasteiger partial charge in [-0.1, -0.05) is 43.7 Å². The predicted octanol–water partition coefficient (Wildman–Crippen LogP) is 5.34. The molecule has 5 heteroatoms. The van der Waals surface area contributed by atoms with Crippen LogP contribution in [0.1, 0.15) is 45.0 Å². The van der Waals surface area contributed by atoms with Crippen molar-refractivity contribution in [1.82, 2.24) is 14.5 Å². The molecule has 2 aromatic heterocycles. The van der Waals surface area contributed by atoms with Gasteiger partial charge in [-0.15, -0.1) is 0 Å². The molecule has 2 aromatic carbocycles. The van der Waals surface area contributed by atoms with Crippen LogP contribution in [0, 0.1) is 0 Å². The van der Waals surface area contributed by atoms with Crippen molar-refractivity contribution in [2.75, 3.05) is 5.73 Å². The van der Waals surface area contributed by atoms with Crippen LogP contribution in [0.3, 0.4) is 0 Å². The summed E-state index contributed by atoms with van der Waals surface area (Å²) in [5.41, 5.74) is 10.2. The zero-order valence-electron chi connectivity index (χ0n) is 17.4. The highest BCUT2D eigenvalue weighted by molar-refractivity contribution is 6.06. The molecular weight excluding hydrogens is 360 g/mol. The number of rotatable bonds is 7. The van der Waals surface area contributed by atoms with Gasteiger partial charge in [-0.3, -0.25) is 0 Å². The van der Waals surface area contributed by atoms with Crippen LogP contribution >= 0.6 is 0 Å². The minimum Gasteiger partial charge on any atom is -0.491 e. The lowest BCUT2D eigenvalue weighted by molar-refractivity contribution is 0.242. The highest BCUT2D eigenvalue weighted by Crippen LogP contribution is 2.30. The summed E-state index contributed by atoms with van der Waals surface area (Å²) in [6, 6.07) is 16.4. The number of aryl methyl sites for hydroxylation is 1. The van der Waals surface area contributed by atoms with Crippen LogP contribution in [-0.4, -0.2) is 20.6 Å². The average Bonchev–Trinajstić information content (AvgIpc) is 3.05. The number of pyridine rings is 1. The van der Waals surface area contributed by atoms with Crippen LogP contribution in [0.2, 0.25) is 0 Å². The minimum atomic E-state index is 0.147. The number of aromatic nitrogens is 3. The van der Waals surface area contributed by atoms with E-state index in [4.69, 9.17) is 15.5 Å². The third kappa shape index (κ3) is 3.90. The number of unbranched alkanes of at least 4 members (excludes halogenated alkanes) is 1. The molecule has 0 saturated carbocycles. The topological polar surface area (TPSA) is 66.0 Å². The van der Waals surface area contributed by atoms with Crippen LogP contribution in [0.15, 0.2) is 48.5 Å². The van der Waals surface area contributed by atoms with Crippen LogP contribution in [0.25, 0.3) is 21.9 Å². The number of nitrogen functional groups attached to an aromatic ring is 1. The van der Waals surface area contributed by atoms with Gasteiger partial charge in [0.25, 0.3) is 0 Å². The number of nitrogens with zero attached hydrogens (tertiary/aromatic N) is 3. The summed E-state index contributed by atoms with van der Waals surface area (Å²) >= 11 is 0. The molecule has 2 N–H and O–H groups in total. The maximum Gasteiger partial charge on any atom is 0.152 e. The van der Waals surface area contributed by atoms with E-state index >= 15 is 0 Å². The Morgan fingerprint density at radius 2 is 1.90 bits per heavy atom. The maximum atomic E-state index is 6.30. The average molecular weight is 389 g/mol. The zero-order valence-corrected chi connectivity index (χ0v) is 17.4. The monoisotopic (exact) mass is 388 g/mol. The molecule has 0 amide bonds. The van der Waals surface area contributed by atoms with Gasteiger partial charge in [0.05, 0.1) is 17.1 Å². The fourth-order valence-electron chi connectivity index (χ4n) is 3.77. The number of hydrogen-bond acceptors (Lipinski definition) is 4. The summed E-state index contributed by atoms with van der Waals surface area (Å²) in [4.78, 5) is 9.49. The molecule has 0 atom stereocenters. The summed E-state index contributed by atoms with van der Waals surface area (Å²) < 4.78 is 8.20. The van der Waals surface area contributed by atoms with Gasteiger partial charge in [0, 0.05) is 18.4 Å². The molecule has 4 aromatic rings. The Morgan fingerprint density at radius 1 is 1.07 bits per heavy atom. The zero-order chi connectivity index (χ0) is 20.4. The first-order valence-corrected chi connectivity index (χ1v) is 10.4. The number of para-hydroxylation sites is 1. The van der Waals surface area contributed by atoms with Crippen LogP contribution < -0.4 is 10.5 Å². The Hall–Kier alpha value is -3.08. The first kappa shape index (κ1) is 19.2. The summed E-state index contributed by atoms with van der Waals surface area (Å²) in [5, 5.41) is 1.08. The van der Waals surface area contributed by atoms with Crippen molar-refractivity contribution in [3.8, 4) is 5.75 Å². The molecule has 2 heterocycles. The molecule has 4 rings (SSSR count). The minimum absolute atomic E-state index is 0.147. The molecule has 0 fully saturated rings. The number of imidazole rings is 1. The highest BCUT2D eigenvalue weighted by Gasteiger charge is 2.17. The second-order valence-electron chi connectivity index (χ2n) is 7.74. The number of anilines is 1. The Morgan fingerprint density at radius 3 is 2.69 bits per heavy atom. The molecule has 0 unspecified atom stereocenters. The predicted molar refractivity (Wildman–Crippen MR) is 119 cm³/mol. The lowest BCUT2D eigenvalue weighted by Gasteiger charge is -2.14. The van der Waals surface area contributed by atoms with Gasteiger partial charge >= 0.3 is 0 Å². The van der Waals surface area contributed by atoms with E-state index in [-0.39, 0.29) is 6.10 Å². The van der Waals surface area contributed by atoms with Crippen molar-refractivity contribution < 1.29 is 4.74 Å². The summed E-state index contributed by atoms with van der Waals surface area (Å²) in [7, 11) is 0. The Balaban J connectivity index is 1.87. The van der Waals surface area contributed by atoms with Crippen molar-refractivity contribution in [3.63, 3.8) is 0 Å². The molecule has 0 radical (unpaired) electrons. The van der Waals surface area contributed by atoms with Gasteiger partial charge < -0.3 is 15.0 Å². The van der Waals surface area contributed by atoms with Crippen molar-refractivity contribution >= 4 is 27.8 Å². The van der Waals surface area contributed by atoms with Gasteiger partial charge in [0.1, 0.15) is 17.1 Å². The van der Waals surface area contributed by atoms with E-state index in [1.54, 1.807) is 0 Å². The smallest absolute Gasteiger partial charge is 0.152 e. The third-order valence-electron chi connectivity index (χ3n) is 5.05. The number of hydrogen-bond donors (Lipinski definition) is 1. The molecule has 150 valence electrons. The Kier molecular flexibility index (Phi) is 5.38. The van der Waals surface area contributed by atoms with Crippen molar-refractivity contribution in [2.24, 2.45) is 0 Å². The van der Waals surface area contributed by atoms with Gasteiger partial charge in [0.2, 0.25) is 0 Å². The normalized spacial score (nSPS) is 11.6. The van der Waals surface area contributed by atoms with E-state index in [2.05, 4.69) is 34.7 Å². The van der Waals surface area contributed by atoms with Gasteiger partial charge in [-0.2, -0.15) is 0 Å². The van der Waals surface area contributed by atoms with Crippen LogP contribution in [0.4, 0.5) is 5.82 Å². The number of ether oxygens (including phenoxy) is 1. The second-order valence-corrected chi connectivity index (χ2v) is 7.74. The third-order valence-corrected chi connectivity index (χ3v) is 5.05. The summed E-state index contributed by atoms with van der Waals surface area (Å²) in [5.74, 6) is 2.44. The van der Waals surface area contributed by atoms with Gasteiger partial charge in [-0.05, 0) is 44.0 Å². The van der Waals surface area contributed by atoms with E-state index in [9.17, 15) is 0 Å². The lowest BCUT2D eigenvalue weighted by atomic mass is 10.1. The van der Waals surface area contributed by atoms with E-state index in [0.717, 1.165) is 59.3 Å². The maximum absolute atomic E-state index is 6.30. The van der Waals surface area contributed by atoms with Crippen LogP contribution in [0.5, 0.6) is 5.75 Å². The van der Waals surface area contributed by atoms with Gasteiger partial charge in [-0.25, -0.2) is 9.97 Å². The fraction of sp³-hybridized carbons (Fsp3) is 0.333. The van der Waals surface area contributed by atoms with Crippen LogP contribution in [-0.2, 0) is 13.0 Å². The van der Waals surface area contributed by atoms with Crippen molar-refractivity contribution in [3.05, 3.63) is 59.9 Å². The Labute approximate surface area is 171 Å². The molecule has 29 heavy (non-hydrogen) atoms. The molecule has 5 nitrogen and oxygen atoms in total. The van der Waals surface area contributed by atoms with E-state index in [0.29, 0.717) is 5.82 Å². The number of nitrogens with two attached hydrogens (primary N) is 1. The number of benzene rings is 2. The van der Waals surface area contributed by atoms with E-state index < -0.39 is 0 Å². The molecule has 0 aliphatic heterocycles. The number of fused-ring (bicyclic) bond motifs is 3. The molecular formula is C24H28N4O.